The molecule has 1 N–H and O–H groups in total. The molecule has 0 amide bonds. The minimum absolute atomic E-state index is 0. The molecule has 1 aromatic heterocycles. The Morgan fingerprint density at radius 1 is 1.17 bits per heavy atom. The Morgan fingerprint density at radius 2 is 1.97 bits per heavy atom. The van der Waals surface area contributed by atoms with E-state index in [0.717, 1.165) is 62.0 Å². The molecule has 2 heterocycles. The number of aromatic nitrogens is 1. The number of nitrogens with zero attached hydrogens (tertiary/aromatic N) is 2. The van der Waals surface area contributed by atoms with Crippen molar-refractivity contribution in [2.24, 2.45) is 0 Å². The van der Waals surface area contributed by atoms with E-state index < -0.39 is 0 Å². The van der Waals surface area contributed by atoms with Gasteiger partial charge >= 0.3 is 31.1 Å². The van der Waals surface area contributed by atoms with Gasteiger partial charge in [0.2, 0.25) is 0 Å². The number of nitrogens with one attached hydrogen (secondary N) is 1. The van der Waals surface area contributed by atoms with Crippen molar-refractivity contribution >= 4 is 22.5 Å². The molecule has 6 heteroatoms. The summed E-state index contributed by atoms with van der Waals surface area (Å²) in [6.07, 6.45) is 5.50. The monoisotopic (exact) mass is 647 g/mol. The van der Waals surface area contributed by atoms with Crippen LogP contribution in [-0.2, 0) is 6.42 Å². The predicted molar refractivity (Wildman–Crippen MR) is 120 cm³/mol. The van der Waals surface area contributed by atoms with E-state index in [1.807, 2.05) is 30.3 Å². The third kappa shape index (κ3) is 6.52. The second kappa shape index (κ2) is 11.6. The molecule has 4 rings (SSSR count). The maximum atomic E-state index is 6.17. The van der Waals surface area contributed by atoms with Crippen LogP contribution >= 0.6 is 11.6 Å². The van der Waals surface area contributed by atoms with Gasteiger partial charge in [0, 0.05) is 60.6 Å². The van der Waals surface area contributed by atoms with Crippen molar-refractivity contribution in [2.45, 2.75) is 19.4 Å². The van der Waals surface area contributed by atoms with Gasteiger partial charge in [0.05, 0.1) is 0 Å². The topological polar surface area (TPSA) is 31.5 Å². The van der Waals surface area contributed by atoms with Crippen LogP contribution in [0.3, 0.4) is 0 Å². The van der Waals surface area contributed by atoms with Crippen LogP contribution in [0.1, 0.15) is 12.5 Å². The third-order valence-electron chi connectivity index (χ3n) is 5.58. The van der Waals surface area contributed by atoms with Gasteiger partial charge in [0.1, 0.15) is 0 Å². The molecule has 1 atom stereocenters. The van der Waals surface area contributed by atoms with Crippen molar-refractivity contribution in [2.75, 3.05) is 39.3 Å². The fraction of sp³-hybridized carbons (Fsp3) is 0.375. The molecule has 1 aliphatic heterocycles. The summed E-state index contributed by atoms with van der Waals surface area (Å²) < 4.78 is 5.89. The average Bonchev–Trinajstić information content (AvgIpc) is 3.14. The molecule has 0 saturated carbocycles. The smallest absolute Gasteiger partial charge is 0.548 e. The zero-order valence-electron chi connectivity index (χ0n) is 17.4. The molecule has 1 aliphatic rings. The van der Waals surface area contributed by atoms with Crippen molar-refractivity contribution in [3.8, 4) is 5.75 Å². The summed E-state index contributed by atoms with van der Waals surface area (Å²) in [5, 5.41) is 2.04. The Morgan fingerprint density at radius 3 is 2.73 bits per heavy atom. The molecule has 1 fully saturated rings. The van der Waals surface area contributed by atoms with E-state index in [1.54, 1.807) is 0 Å². The number of para-hydroxylation sites is 1. The van der Waals surface area contributed by atoms with Crippen LogP contribution in [0.2, 0.25) is 5.02 Å². The van der Waals surface area contributed by atoms with Gasteiger partial charge in [0.25, 0.3) is 0 Å². The quantitative estimate of drug-likeness (QED) is 0.367. The summed E-state index contributed by atoms with van der Waals surface area (Å²) in [7, 11) is 0. The molecule has 3 aromatic rings. The second-order valence-electron chi connectivity index (χ2n) is 7.68. The average molecular weight is 648 g/mol. The first-order valence-corrected chi connectivity index (χ1v) is 10.7. The van der Waals surface area contributed by atoms with Gasteiger partial charge in [-0.2, -0.15) is 18.2 Å². The molecule has 4 nitrogen and oxygen atoms in total. The summed E-state index contributed by atoms with van der Waals surface area (Å²) >= 11 is 6.17. The van der Waals surface area contributed by atoms with Gasteiger partial charge in [-0.1, -0.05) is 18.5 Å². The van der Waals surface area contributed by atoms with Gasteiger partial charge in [-0.05, 0) is 36.3 Å². The Balaban J connectivity index is 0.00000256. The minimum atomic E-state index is 0. The molecule has 1 unspecified atom stereocenters. The van der Waals surface area contributed by atoms with Gasteiger partial charge in [-0.3, -0.25) is 6.42 Å². The number of H-pyrrole nitrogens is 1. The normalized spacial score (nSPS) is 16.3. The second-order valence-corrected chi connectivity index (χ2v) is 8.12. The zero-order valence-corrected chi connectivity index (χ0v) is 22.3. The first-order valence-electron chi connectivity index (χ1n) is 10.3. The molecule has 0 radical (unpaired) electrons. The summed E-state index contributed by atoms with van der Waals surface area (Å²) in [5.41, 5.74) is 2.51. The van der Waals surface area contributed by atoms with Crippen LogP contribution < -0.4 is 4.74 Å². The van der Waals surface area contributed by atoms with Crippen LogP contribution in [0.4, 0.5) is 0 Å². The van der Waals surface area contributed by atoms with Crippen LogP contribution in [0, 0.1) is 43.6 Å². The fourth-order valence-electron chi connectivity index (χ4n) is 3.83. The maximum absolute atomic E-state index is 6.17. The van der Waals surface area contributed by atoms with Crippen LogP contribution in [0.15, 0.2) is 48.7 Å². The number of fused-ring (bicyclic) bond motifs is 1. The first kappa shape index (κ1) is 23.7. The van der Waals surface area contributed by atoms with Crippen molar-refractivity contribution in [3.63, 3.8) is 0 Å². The molecular formula is C24H28ClN3OU. The van der Waals surface area contributed by atoms with Crippen LogP contribution in [0.5, 0.6) is 5.75 Å². The molecule has 0 bridgehead atoms. The van der Waals surface area contributed by atoms with Gasteiger partial charge in [-0.25, -0.2) is 0 Å². The molecular weight excluding hydrogens is 620 g/mol. The van der Waals surface area contributed by atoms with E-state index in [1.165, 1.54) is 10.9 Å². The summed E-state index contributed by atoms with van der Waals surface area (Å²) in [5.74, 6) is 0.805. The molecule has 0 spiro atoms. The van der Waals surface area contributed by atoms with E-state index in [9.17, 15) is 0 Å². The number of rotatable bonds is 8. The van der Waals surface area contributed by atoms with E-state index in [-0.39, 0.29) is 37.2 Å². The Labute approximate surface area is 208 Å². The summed E-state index contributed by atoms with van der Waals surface area (Å²) in [6, 6.07) is 16.9. The molecule has 1 saturated heterocycles. The van der Waals surface area contributed by atoms with E-state index in [4.69, 9.17) is 16.3 Å². The number of hydrogen-bond donors (Lipinski definition) is 1. The fourth-order valence-corrected chi connectivity index (χ4v) is 4.00. The van der Waals surface area contributed by atoms with Crippen LogP contribution in [-0.4, -0.2) is 60.2 Å². The predicted octanol–water partition coefficient (Wildman–Crippen LogP) is 4.45. The summed E-state index contributed by atoms with van der Waals surface area (Å²) in [6.45, 7) is 8.55. The van der Waals surface area contributed by atoms with Gasteiger partial charge in [0.15, 0.2) is 0 Å². The number of piperazine rings is 1. The SMILES string of the molecule is CC([CH-]CN1CCN(CCc2c[nH]c3ccc(Cl)cc23)CC1)Oc1[c-]cccc1.[U+2]. The first-order chi connectivity index (χ1) is 14.2. The van der Waals surface area contributed by atoms with Gasteiger partial charge < -0.3 is 19.5 Å². The molecule has 0 aliphatic carbocycles. The van der Waals surface area contributed by atoms with Crippen molar-refractivity contribution in [1.82, 2.24) is 14.8 Å². The van der Waals surface area contributed by atoms with Crippen molar-refractivity contribution < 1.29 is 35.9 Å². The zero-order chi connectivity index (χ0) is 20.1. The Bertz CT molecular complexity index is 909. The van der Waals surface area contributed by atoms with Crippen molar-refractivity contribution in [1.29, 1.82) is 0 Å². The van der Waals surface area contributed by atoms with Gasteiger partial charge in [-0.15, -0.1) is 18.7 Å². The number of aromatic amines is 1. The molecule has 30 heavy (non-hydrogen) atoms. The number of halogens is 1. The number of benzene rings is 2. The number of ether oxygens (including phenoxy) is 1. The van der Waals surface area contributed by atoms with E-state index in [2.05, 4.69) is 52.5 Å². The largest absolute Gasteiger partial charge is 2.00 e. The molecule has 2 aromatic carbocycles. The standard InChI is InChI=1S/C24H28ClN3O.U/c1-19(29-22-5-3-2-4-6-22)9-11-27-13-15-28(16-14-27)12-10-20-18-26-24-8-7-21(25)17-23(20)24;/h2-5,7-9,17-19,26H,10-16H2,1H3;/q-2;+2. The molecule has 156 valence electrons. The maximum Gasteiger partial charge on any atom is 2.00 e. The number of hydrogen-bond acceptors (Lipinski definition) is 3. The Hall–Kier alpha value is -0.958. The minimum Gasteiger partial charge on any atom is -0.548 e. The van der Waals surface area contributed by atoms with E-state index >= 15 is 0 Å². The summed E-state index contributed by atoms with van der Waals surface area (Å²) in [4.78, 5) is 8.40. The van der Waals surface area contributed by atoms with Crippen molar-refractivity contribution in [3.05, 3.63) is 71.7 Å². The third-order valence-corrected chi connectivity index (χ3v) is 5.82. The van der Waals surface area contributed by atoms with E-state index in [0.29, 0.717) is 0 Å². The van der Waals surface area contributed by atoms with Crippen LogP contribution in [0.25, 0.3) is 10.9 Å². The Kier molecular flexibility index (Phi) is 9.17.